The van der Waals surface area contributed by atoms with E-state index in [1.807, 2.05) is 0 Å². The zero-order chi connectivity index (χ0) is 18.0. The fraction of sp³-hybridized carbons (Fsp3) is 0.350. The topological polar surface area (TPSA) is 59.1 Å². The van der Waals surface area contributed by atoms with Crippen molar-refractivity contribution in [2.45, 2.75) is 39.8 Å². The first-order chi connectivity index (χ1) is 11.9. The van der Waals surface area contributed by atoms with E-state index in [0.717, 1.165) is 49.7 Å². The summed E-state index contributed by atoms with van der Waals surface area (Å²) in [5.41, 5.74) is 12.4. The minimum Gasteiger partial charge on any atom is -0.402 e. The molecule has 0 fully saturated rings. The lowest BCUT2D eigenvalue weighted by Gasteiger charge is -2.29. The second-order valence-electron chi connectivity index (χ2n) is 6.81. The second-order valence-corrected chi connectivity index (χ2v) is 6.81. The van der Waals surface area contributed by atoms with E-state index in [1.165, 1.54) is 16.8 Å². The van der Waals surface area contributed by atoms with Gasteiger partial charge in [-0.2, -0.15) is 5.10 Å². The van der Waals surface area contributed by atoms with Gasteiger partial charge in [-0.05, 0) is 31.5 Å². The van der Waals surface area contributed by atoms with Crippen molar-refractivity contribution in [3.05, 3.63) is 65.6 Å². The van der Waals surface area contributed by atoms with Crippen LogP contribution in [-0.2, 0) is 19.5 Å². The van der Waals surface area contributed by atoms with Crippen molar-refractivity contribution in [2.75, 3.05) is 11.9 Å². The normalized spacial score (nSPS) is 13.4. The highest BCUT2D eigenvalue weighted by atomic mass is 15.3. The monoisotopic (exact) mass is 337 g/mol. The summed E-state index contributed by atoms with van der Waals surface area (Å²) < 4.78 is 2.08. The van der Waals surface area contributed by atoms with Crippen molar-refractivity contribution in [2.24, 2.45) is 5.73 Å². The highest BCUT2D eigenvalue weighted by Crippen LogP contribution is 2.30. The molecule has 5 nitrogen and oxygen atoms in total. The molecule has 0 spiro atoms. The van der Waals surface area contributed by atoms with Crippen LogP contribution in [0.1, 0.15) is 30.2 Å². The number of aryl methyl sites for hydroxylation is 2. The number of nitrogens with two attached hydrogens (primary N) is 1. The Labute approximate surface area is 149 Å². The Hall–Kier alpha value is -2.69. The van der Waals surface area contributed by atoms with Gasteiger partial charge in [-0.3, -0.25) is 4.68 Å². The van der Waals surface area contributed by atoms with Gasteiger partial charge in [0.1, 0.15) is 0 Å². The molecule has 25 heavy (non-hydrogen) atoms. The highest BCUT2D eigenvalue weighted by Gasteiger charge is 2.24. The zero-order valence-corrected chi connectivity index (χ0v) is 15.2. The van der Waals surface area contributed by atoms with Crippen LogP contribution in [0.5, 0.6) is 0 Å². The number of benzene rings is 1. The van der Waals surface area contributed by atoms with E-state index in [1.54, 1.807) is 0 Å². The molecule has 0 amide bonds. The van der Waals surface area contributed by atoms with Crippen LogP contribution in [0.2, 0.25) is 0 Å². The Morgan fingerprint density at radius 1 is 1.36 bits per heavy atom. The first-order valence-corrected chi connectivity index (χ1v) is 8.70. The van der Waals surface area contributed by atoms with E-state index in [2.05, 4.69) is 66.2 Å². The number of allylic oxidation sites excluding steroid dienone is 2. The Morgan fingerprint density at radius 2 is 2.16 bits per heavy atom. The highest BCUT2D eigenvalue weighted by molar-refractivity contribution is 5.61. The molecule has 132 valence electrons. The number of hydrogen-bond donors (Lipinski definition) is 2. The average molecular weight is 337 g/mol. The van der Waals surface area contributed by atoms with Crippen LogP contribution in [0.4, 0.5) is 11.5 Å². The average Bonchev–Trinajstić information content (AvgIpc) is 2.90. The Balaban J connectivity index is 1.93. The Kier molecular flexibility index (Phi) is 4.83. The summed E-state index contributed by atoms with van der Waals surface area (Å²) in [5.74, 6) is 0.925. The van der Waals surface area contributed by atoms with Gasteiger partial charge in [-0.1, -0.05) is 25.3 Å². The number of nitrogens with zero attached hydrogens (tertiary/aromatic N) is 3. The summed E-state index contributed by atoms with van der Waals surface area (Å²) in [5, 5.41) is 8.33. The molecule has 0 atom stereocenters. The van der Waals surface area contributed by atoms with Gasteiger partial charge >= 0.3 is 0 Å². The van der Waals surface area contributed by atoms with Gasteiger partial charge in [0.2, 0.25) is 0 Å². The number of nitrogens with one attached hydrogen (secondary N) is 1. The van der Waals surface area contributed by atoms with Gasteiger partial charge < -0.3 is 16.0 Å². The maximum absolute atomic E-state index is 5.75. The maximum Gasteiger partial charge on any atom is 0.157 e. The molecule has 1 aromatic carbocycles. The van der Waals surface area contributed by atoms with E-state index in [4.69, 9.17) is 10.8 Å². The van der Waals surface area contributed by atoms with E-state index in [-0.39, 0.29) is 0 Å². The molecule has 3 rings (SSSR count). The molecule has 0 aliphatic carbocycles. The van der Waals surface area contributed by atoms with Crippen molar-refractivity contribution in [1.82, 2.24) is 14.7 Å². The number of fused-ring (bicyclic) bond motifs is 1. The molecule has 0 unspecified atom stereocenters. The van der Waals surface area contributed by atoms with E-state index in [9.17, 15) is 0 Å². The fourth-order valence-electron chi connectivity index (χ4n) is 3.21. The molecule has 0 bridgehead atoms. The predicted octanol–water partition coefficient (Wildman–Crippen LogP) is 3.69. The molecule has 0 saturated carbocycles. The van der Waals surface area contributed by atoms with E-state index in [0.29, 0.717) is 5.70 Å². The third kappa shape index (κ3) is 3.87. The maximum atomic E-state index is 5.75. The van der Waals surface area contributed by atoms with Crippen molar-refractivity contribution in [3.8, 4) is 0 Å². The molecule has 2 heterocycles. The van der Waals surface area contributed by atoms with Gasteiger partial charge in [-0.25, -0.2) is 0 Å². The summed E-state index contributed by atoms with van der Waals surface area (Å²) in [6.07, 6.45) is 1.70. The van der Waals surface area contributed by atoms with Gasteiger partial charge in [0, 0.05) is 60.8 Å². The number of hydrogen-bond acceptors (Lipinski definition) is 4. The molecule has 0 saturated heterocycles. The second kappa shape index (κ2) is 7.05. The lowest BCUT2D eigenvalue weighted by atomic mass is 10.1. The van der Waals surface area contributed by atoms with E-state index >= 15 is 0 Å². The van der Waals surface area contributed by atoms with Crippen LogP contribution < -0.4 is 11.1 Å². The lowest BCUT2D eigenvalue weighted by molar-refractivity contribution is 0.319. The molecule has 1 aromatic heterocycles. The summed E-state index contributed by atoms with van der Waals surface area (Å²) in [7, 11) is 0. The van der Waals surface area contributed by atoms with E-state index < -0.39 is 0 Å². The number of rotatable bonds is 6. The van der Waals surface area contributed by atoms with Gasteiger partial charge in [0.25, 0.3) is 0 Å². The molecular formula is C20H27N5. The van der Waals surface area contributed by atoms with Gasteiger partial charge in [-0.15, -0.1) is 0 Å². The fourth-order valence-corrected chi connectivity index (χ4v) is 3.21. The first-order valence-electron chi connectivity index (χ1n) is 8.70. The smallest absolute Gasteiger partial charge is 0.157 e. The van der Waals surface area contributed by atoms with Crippen molar-refractivity contribution < 1.29 is 0 Å². The summed E-state index contributed by atoms with van der Waals surface area (Å²) >= 11 is 0. The number of anilines is 2. The molecule has 3 N–H and O–H groups in total. The third-order valence-corrected chi connectivity index (χ3v) is 4.60. The van der Waals surface area contributed by atoms with Crippen LogP contribution in [0.3, 0.4) is 0 Å². The van der Waals surface area contributed by atoms with Crippen LogP contribution in [-0.4, -0.2) is 21.2 Å². The molecular weight excluding hydrogens is 310 g/mol. The molecule has 1 aliphatic heterocycles. The predicted molar refractivity (Wildman–Crippen MR) is 104 cm³/mol. The minimum absolute atomic E-state index is 0.691. The van der Waals surface area contributed by atoms with Crippen molar-refractivity contribution in [3.63, 3.8) is 0 Å². The van der Waals surface area contributed by atoms with Crippen molar-refractivity contribution >= 4 is 11.5 Å². The third-order valence-electron chi connectivity index (χ3n) is 4.60. The zero-order valence-electron chi connectivity index (χ0n) is 15.2. The number of aromatic nitrogens is 2. The van der Waals surface area contributed by atoms with Gasteiger partial charge in [0.05, 0.1) is 0 Å². The first kappa shape index (κ1) is 17.1. The summed E-state index contributed by atoms with van der Waals surface area (Å²) in [4.78, 5) is 2.30. The van der Waals surface area contributed by atoms with Crippen LogP contribution >= 0.6 is 0 Å². The van der Waals surface area contributed by atoms with Gasteiger partial charge in [0.15, 0.2) is 5.82 Å². The van der Waals surface area contributed by atoms with Crippen LogP contribution in [0, 0.1) is 6.92 Å². The summed E-state index contributed by atoms with van der Waals surface area (Å²) in [6.45, 7) is 14.6. The molecule has 0 radical (unpaired) electrons. The Morgan fingerprint density at radius 3 is 2.84 bits per heavy atom. The van der Waals surface area contributed by atoms with Crippen LogP contribution in [0.25, 0.3) is 0 Å². The SMILES string of the molecule is C=C(N)CCn1nc(Nc2cccc(C)c2)c2c1CCN(C(=C)C)C2. The molecule has 2 aromatic rings. The lowest BCUT2D eigenvalue weighted by Crippen LogP contribution is -2.29. The van der Waals surface area contributed by atoms with Crippen LogP contribution in [0.15, 0.2) is 48.8 Å². The summed E-state index contributed by atoms with van der Waals surface area (Å²) in [6, 6.07) is 8.35. The molecule has 1 aliphatic rings. The standard InChI is InChI=1S/C20H27N5/c1-14(2)24-10-9-19-18(13-24)20(23-25(19)11-8-16(4)21)22-17-7-5-6-15(3)12-17/h5-7,12H,1,4,8-11,13,21H2,2-3H3,(H,22,23). The van der Waals surface area contributed by atoms with Crippen molar-refractivity contribution in [1.29, 1.82) is 0 Å². The largest absolute Gasteiger partial charge is 0.402 e. The minimum atomic E-state index is 0.691. The Bertz CT molecular complexity index is 802. The molecule has 5 heteroatoms. The quantitative estimate of drug-likeness (QED) is 0.844.